The highest BCUT2D eigenvalue weighted by atomic mass is 27.2. The van der Waals surface area contributed by atoms with Crippen molar-refractivity contribution in [2.45, 2.75) is 27.2 Å². The van der Waals surface area contributed by atoms with Crippen LogP contribution in [0.5, 0.6) is 0 Å². The molecule has 0 fully saturated rings. The minimum atomic E-state index is -0.589. The number of rotatable bonds is 6. The third kappa shape index (κ3) is 22.4. The minimum Gasteiger partial charge on any atom is -0.506 e. The van der Waals surface area contributed by atoms with E-state index < -0.39 is 15.9 Å². The molecule has 0 aromatic rings. The molecule has 0 aliphatic rings. The van der Waals surface area contributed by atoms with Gasteiger partial charge in [-0.3, -0.25) is 0 Å². The highest BCUT2D eigenvalue weighted by molar-refractivity contribution is 6.17. The summed E-state index contributed by atoms with van der Waals surface area (Å²) in [5.74, 6) is 0. The summed E-state index contributed by atoms with van der Waals surface area (Å²) in [7, 11) is 0. The van der Waals surface area contributed by atoms with Crippen LogP contribution in [-0.2, 0) is 11.4 Å². The van der Waals surface area contributed by atoms with Gasteiger partial charge in [0.1, 0.15) is 0 Å². The van der Waals surface area contributed by atoms with Gasteiger partial charge in [0.05, 0.1) is 0 Å². The third-order valence-corrected chi connectivity index (χ3v) is 2.54. The second kappa shape index (κ2) is 17.9. The topological polar surface area (TPSA) is 27.7 Å². The molecule has 0 aliphatic heterocycles. The molecule has 0 aliphatic carbocycles. The standard InChI is InChI=1S/C3H7O.2C2H5O.2Al.3H/c1-2-3-4;2*1-2-3;;;;;/h2-3H2,1H3;2*2H2,1H3;;;;;/q3*-1;+1;+2;;;. The molecule has 0 amide bonds. The van der Waals surface area contributed by atoms with E-state index in [1.165, 1.54) is 0 Å². The first-order valence-corrected chi connectivity index (χ1v) is 6.44. The van der Waals surface area contributed by atoms with Crippen molar-refractivity contribution in [1.29, 1.82) is 0 Å². The normalized spacial score (nSPS) is 8.58. The first kappa shape index (κ1) is 15.4. The van der Waals surface area contributed by atoms with Crippen molar-refractivity contribution in [2.75, 3.05) is 19.8 Å². The molecule has 0 radical (unpaired) electrons. The first-order valence-electron chi connectivity index (χ1n) is 4.47. The van der Waals surface area contributed by atoms with Gasteiger partial charge in [-0.2, -0.15) is 0 Å². The van der Waals surface area contributed by atoms with Crippen LogP contribution in [0.1, 0.15) is 27.2 Å². The van der Waals surface area contributed by atoms with Gasteiger partial charge >= 0.3 is 32.5 Å². The van der Waals surface area contributed by atoms with E-state index in [9.17, 15) is 0 Å². The van der Waals surface area contributed by atoms with Crippen LogP contribution in [0.15, 0.2) is 0 Å². The zero-order chi connectivity index (χ0) is 9.66. The fourth-order valence-corrected chi connectivity index (χ4v) is 1.29. The van der Waals surface area contributed by atoms with Crippen molar-refractivity contribution < 1.29 is 11.4 Å². The third-order valence-electron chi connectivity index (χ3n) is 0.983. The lowest BCUT2D eigenvalue weighted by atomic mass is 10.5. The Hall–Kier alpha value is 0.945. The van der Waals surface area contributed by atoms with Crippen LogP contribution in [0.4, 0.5) is 0 Å². The largest absolute Gasteiger partial charge is 0.649 e. The molecule has 0 aromatic heterocycles. The Morgan fingerprint density at radius 1 is 1.08 bits per heavy atom. The predicted molar refractivity (Wildman–Crippen MR) is 55.2 cm³/mol. The van der Waals surface area contributed by atoms with Crippen LogP contribution in [0.25, 0.3) is 0 Å². The van der Waals surface area contributed by atoms with E-state index in [4.69, 9.17) is 11.4 Å². The Morgan fingerprint density at radius 3 is 1.75 bits per heavy atom. The molecule has 0 rings (SSSR count). The lowest BCUT2D eigenvalue weighted by Gasteiger charge is -1.95. The summed E-state index contributed by atoms with van der Waals surface area (Å²) < 4.78 is 14.8. The Bertz CT molecular complexity index is 58.6. The molecule has 0 spiro atoms. The van der Waals surface area contributed by atoms with Gasteiger partial charge in [0.15, 0.2) is 0 Å². The van der Waals surface area contributed by atoms with Gasteiger partial charge in [-0.25, -0.2) is 0 Å². The predicted octanol–water partition coefficient (Wildman–Crippen LogP) is 0.287. The molecule has 0 unspecified atom stereocenters. The second-order valence-corrected chi connectivity index (χ2v) is 3.73. The summed E-state index contributed by atoms with van der Waals surface area (Å²) in [6.45, 7) is 8.61. The lowest BCUT2D eigenvalue weighted by molar-refractivity contribution is 0.240. The van der Waals surface area contributed by atoms with Crippen molar-refractivity contribution >= 4 is 32.5 Å². The Kier molecular flexibility index (Phi) is 23.0. The van der Waals surface area contributed by atoms with Gasteiger partial charge in [0.2, 0.25) is 0 Å². The van der Waals surface area contributed by atoms with E-state index in [2.05, 4.69) is 6.92 Å². The molecule has 72 valence electrons. The summed E-state index contributed by atoms with van der Waals surface area (Å²) >= 11 is 0.310. The zero-order valence-electron chi connectivity index (χ0n) is 8.76. The van der Waals surface area contributed by atoms with Gasteiger partial charge in [0, 0.05) is 19.8 Å². The molecule has 0 saturated carbocycles. The van der Waals surface area contributed by atoms with Crippen LogP contribution in [0, 0.1) is 0 Å². The van der Waals surface area contributed by atoms with E-state index in [1.807, 2.05) is 13.8 Å². The Labute approximate surface area is 90.9 Å². The van der Waals surface area contributed by atoms with Crippen LogP contribution in [-0.4, -0.2) is 52.3 Å². The molecule has 12 heavy (non-hydrogen) atoms. The fourth-order valence-electron chi connectivity index (χ4n) is 0.430. The number of hydrogen-bond donors (Lipinski definition) is 0. The summed E-state index contributed by atoms with van der Waals surface area (Å²) in [4.78, 5) is 0. The SMILES string of the molecule is CCC[O][AlH2].CC[O][AlH][O]CC. The zero-order valence-corrected chi connectivity index (χ0v) is 12.2. The van der Waals surface area contributed by atoms with Gasteiger partial charge in [-0.05, 0) is 20.3 Å². The molecular weight excluding hydrogens is 186 g/mol. The van der Waals surface area contributed by atoms with Crippen molar-refractivity contribution in [1.82, 2.24) is 0 Å². The van der Waals surface area contributed by atoms with Crippen LogP contribution in [0.2, 0.25) is 0 Å². The summed E-state index contributed by atoms with van der Waals surface area (Å²) in [5.41, 5.74) is 0. The molecule has 0 heterocycles. The van der Waals surface area contributed by atoms with E-state index in [1.54, 1.807) is 0 Å². The molecule has 0 N–H and O–H groups in total. The van der Waals surface area contributed by atoms with Gasteiger partial charge < -0.3 is 11.4 Å². The molecule has 0 aromatic carbocycles. The van der Waals surface area contributed by atoms with E-state index in [0.717, 1.165) is 42.9 Å². The summed E-state index contributed by atoms with van der Waals surface area (Å²) in [6, 6.07) is 0. The molecule has 5 heteroatoms. The smallest absolute Gasteiger partial charge is 0.506 e. The molecule has 0 bridgehead atoms. The summed E-state index contributed by atoms with van der Waals surface area (Å²) in [5, 5.41) is 0. The molecule has 0 saturated heterocycles. The lowest BCUT2D eigenvalue weighted by Crippen LogP contribution is -2.02. The monoisotopic (exact) mass is 206 g/mol. The highest BCUT2D eigenvalue weighted by Gasteiger charge is 1.88. The first-order chi connectivity index (χ1) is 5.83. The summed E-state index contributed by atoms with van der Waals surface area (Å²) in [6.07, 6.45) is 1.16. The van der Waals surface area contributed by atoms with Gasteiger partial charge in [-0.15, -0.1) is 0 Å². The van der Waals surface area contributed by atoms with E-state index in [0.29, 0.717) is 0 Å². The average Bonchev–Trinajstić information content (AvgIpc) is 2.08. The Morgan fingerprint density at radius 2 is 1.58 bits per heavy atom. The molecular formula is C7H20Al2O3. The fraction of sp³-hybridized carbons (Fsp3) is 1.00. The van der Waals surface area contributed by atoms with Crippen molar-refractivity contribution in [3.8, 4) is 0 Å². The van der Waals surface area contributed by atoms with Crippen molar-refractivity contribution in [3.05, 3.63) is 0 Å². The highest BCUT2D eigenvalue weighted by Crippen LogP contribution is 1.70. The number of hydrogen-bond acceptors (Lipinski definition) is 3. The molecule has 3 nitrogen and oxygen atoms in total. The maximum atomic E-state index is 4.99. The van der Waals surface area contributed by atoms with Crippen LogP contribution in [0.3, 0.4) is 0 Å². The van der Waals surface area contributed by atoms with Crippen molar-refractivity contribution in [3.63, 3.8) is 0 Å². The van der Waals surface area contributed by atoms with Gasteiger partial charge in [-0.1, -0.05) is 6.92 Å². The van der Waals surface area contributed by atoms with Crippen molar-refractivity contribution in [2.24, 2.45) is 0 Å². The van der Waals surface area contributed by atoms with Crippen LogP contribution >= 0.6 is 0 Å². The maximum Gasteiger partial charge on any atom is 0.649 e. The Balaban J connectivity index is 0. The van der Waals surface area contributed by atoms with Crippen LogP contribution < -0.4 is 0 Å². The van der Waals surface area contributed by atoms with Gasteiger partial charge in [0.25, 0.3) is 0 Å². The second-order valence-electron chi connectivity index (χ2n) is 2.10. The average molecular weight is 206 g/mol. The minimum absolute atomic E-state index is 0.589. The van der Waals surface area contributed by atoms with E-state index in [-0.39, 0.29) is 0 Å². The van der Waals surface area contributed by atoms with E-state index >= 15 is 0 Å². The quantitative estimate of drug-likeness (QED) is 0.461. The molecule has 0 atom stereocenters. The maximum absolute atomic E-state index is 4.99.